The minimum absolute atomic E-state index is 0.0755. The lowest BCUT2D eigenvalue weighted by molar-refractivity contribution is -0.164. The van der Waals surface area contributed by atoms with Gasteiger partial charge in [-0.25, -0.2) is 4.39 Å². The first kappa shape index (κ1) is 20.8. The Labute approximate surface area is 165 Å². The van der Waals surface area contributed by atoms with Gasteiger partial charge in [0.25, 0.3) is 0 Å². The van der Waals surface area contributed by atoms with Gasteiger partial charge >= 0.3 is 6.18 Å². The Morgan fingerprint density at radius 3 is 2.41 bits per heavy atom. The fourth-order valence-corrected chi connectivity index (χ4v) is 3.43. The molecular formula is C22H20F4N2O. The van der Waals surface area contributed by atoms with Gasteiger partial charge in [0.2, 0.25) is 5.91 Å². The number of carbonyl (C=O) groups is 1. The number of para-hydroxylation sites is 1. The number of hydrogen-bond acceptors (Lipinski definition) is 2. The van der Waals surface area contributed by atoms with Crippen LogP contribution in [0.4, 0.5) is 23.2 Å². The van der Waals surface area contributed by atoms with E-state index < -0.39 is 29.7 Å². The summed E-state index contributed by atoms with van der Waals surface area (Å²) < 4.78 is 53.7. The SMILES string of the molecule is Cc1c(NC(=O)[C@@](C)(Cc2ccccc2)CC(F)(F)F)cnc2c(F)cccc12. The molecule has 0 saturated heterocycles. The van der Waals surface area contributed by atoms with Crippen molar-refractivity contribution in [3.63, 3.8) is 0 Å². The van der Waals surface area contributed by atoms with Crippen LogP contribution in [0.5, 0.6) is 0 Å². The van der Waals surface area contributed by atoms with Crippen molar-refractivity contribution in [3.8, 4) is 0 Å². The van der Waals surface area contributed by atoms with E-state index in [-0.39, 0.29) is 17.6 Å². The summed E-state index contributed by atoms with van der Waals surface area (Å²) in [7, 11) is 0. The van der Waals surface area contributed by atoms with E-state index in [2.05, 4.69) is 10.3 Å². The Hall–Kier alpha value is -2.96. The zero-order chi connectivity index (χ0) is 21.2. The quantitative estimate of drug-likeness (QED) is 0.544. The van der Waals surface area contributed by atoms with Crippen LogP contribution in [0, 0.1) is 18.2 Å². The lowest BCUT2D eigenvalue weighted by Crippen LogP contribution is -2.39. The Bertz CT molecular complexity index is 1030. The molecule has 0 fully saturated rings. The monoisotopic (exact) mass is 404 g/mol. The van der Waals surface area contributed by atoms with Crippen LogP contribution in [0.2, 0.25) is 0 Å². The van der Waals surface area contributed by atoms with E-state index in [1.54, 1.807) is 43.3 Å². The first-order chi connectivity index (χ1) is 13.6. The fraction of sp³-hybridized carbons (Fsp3) is 0.273. The summed E-state index contributed by atoms with van der Waals surface area (Å²) in [6.07, 6.45) is -4.58. The molecule has 1 N–H and O–H groups in total. The highest BCUT2D eigenvalue weighted by Crippen LogP contribution is 2.38. The van der Waals surface area contributed by atoms with Gasteiger partial charge in [0, 0.05) is 5.39 Å². The van der Waals surface area contributed by atoms with Crippen molar-refractivity contribution in [1.82, 2.24) is 4.98 Å². The molecule has 0 aliphatic rings. The standard InChI is InChI=1S/C22H20F4N2O/c1-14-16-9-6-10-17(23)19(16)27-12-18(14)28-20(29)21(2,13-22(24,25)26)11-15-7-4-3-5-8-15/h3-10,12H,11,13H2,1-2H3,(H,28,29)/t21-/m0/s1. The number of carbonyl (C=O) groups excluding carboxylic acids is 1. The minimum Gasteiger partial charge on any atom is -0.324 e. The van der Waals surface area contributed by atoms with E-state index in [9.17, 15) is 22.4 Å². The van der Waals surface area contributed by atoms with Gasteiger partial charge in [-0.15, -0.1) is 0 Å². The third kappa shape index (κ3) is 4.72. The molecule has 1 amide bonds. The predicted molar refractivity (Wildman–Crippen MR) is 104 cm³/mol. The normalized spacial score (nSPS) is 13.9. The van der Waals surface area contributed by atoms with Crippen LogP contribution in [0.25, 0.3) is 10.9 Å². The van der Waals surface area contributed by atoms with Crippen LogP contribution in [-0.2, 0) is 11.2 Å². The minimum atomic E-state index is -4.51. The van der Waals surface area contributed by atoms with Crippen molar-refractivity contribution >= 4 is 22.5 Å². The molecule has 0 aliphatic heterocycles. The molecule has 0 radical (unpaired) electrons. The van der Waals surface area contributed by atoms with Crippen molar-refractivity contribution in [2.24, 2.45) is 5.41 Å². The number of anilines is 1. The first-order valence-corrected chi connectivity index (χ1v) is 9.05. The molecule has 0 saturated carbocycles. The van der Waals surface area contributed by atoms with Gasteiger partial charge in [-0.1, -0.05) is 49.4 Å². The highest BCUT2D eigenvalue weighted by molar-refractivity contribution is 5.98. The number of fused-ring (bicyclic) bond motifs is 1. The molecule has 0 spiro atoms. The second kappa shape index (κ2) is 7.81. The van der Waals surface area contributed by atoms with E-state index in [1.165, 1.54) is 25.3 Å². The van der Waals surface area contributed by atoms with Gasteiger partial charge < -0.3 is 5.32 Å². The Kier molecular flexibility index (Phi) is 5.59. The molecule has 3 rings (SSSR count). The number of nitrogens with one attached hydrogen (secondary N) is 1. The third-order valence-corrected chi connectivity index (χ3v) is 4.94. The van der Waals surface area contributed by atoms with Gasteiger partial charge in [-0.2, -0.15) is 13.2 Å². The van der Waals surface area contributed by atoms with Gasteiger partial charge in [-0.3, -0.25) is 9.78 Å². The molecule has 0 aliphatic carbocycles. The molecule has 152 valence electrons. The van der Waals surface area contributed by atoms with Crippen molar-refractivity contribution in [1.29, 1.82) is 0 Å². The van der Waals surface area contributed by atoms with Gasteiger partial charge in [-0.05, 0) is 30.5 Å². The molecular weight excluding hydrogens is 384 g/mol. The molecule has 0 bridgehead atoms. The molecule has 7 heteroatoms. The first-order valence-electron chi connectivity index (χ1n) is 9.05. The lowest BCUT2D eigenvalue weighted by Gasteiger charge is -2.30. The van der Waals surface area contributed by atoms with E-state index in [0.29, 0.717) is 16.5 Å². The highest BCUT2D eigenvalue weighted by atomic mass is 19.4. The number of rotatable bonds is 5. The number of benzene rings is 2. The topological polar surface area (TPSA) is 42.0 Å². The Balaban J connectivity index is 1.94. The summed E-state index contributed by atoms with van der Waals surface area (Å²) in [6, 6.07) is 13.0. The number of aryl methyl sites for hydroxylation is 1. The van der Waals surface area contributed by atoms with Gasteiger partial charge in [0.1, 0.15) is 11.3 Å². The maximum atomic E-state index is 13.9. The van der Waals surface area contributed by atoms with E-state index in [1.807, 2.05) is 0 Å². The van der Waals surface area contributed by atoms with E-state index in [0.717, 1.165) is 0 Å². The maximum Gasteiger partial charge on any atom is 0.390 e. The summed E-state index contributed by atoms with van der Waals surface area (Å²) in [5.41, 5.74) is -0.148. The average molecular weight is 404 g/mol. The van der Waals surface area contributed by atoms with Crippen LogP contribution in [0.15, 0.2) is 54.7 Å². The highest BCUT2D eigenvalue weighted by Gasteiger charge is 2.44. The molecule has 1 heterocycles. The molecule has 29 heavy (non-hydrogen) atoms. The van der Waals surface area contributed by atoms with Crippen molar-refractivity contribution in [2.45, 2.75) is 32.9 Å². The number of aromatic nitrogens is 1. The van der Waals surface area contributed by atoms with Gasteiger partial charge in [0.15, 0.2) is 0 Å². The number of hydrogen-bond donors (Lipinski definition) is 1. The summed E-state index contributed by atoms with van der Waals surface area (Å²) >= 11 is 0. The summed E-state index contributed by atoms with van der Waals surface area (Å²) in [5, 5.41) is 3.07. The van der Waals surface area contributed by atoms with Crippen LogP contribution < -0.4 is 5.32 Å². The predicted octanol–water partition coefficient (Wildman–Crippen LogP) is 5.82. The van der Waals surface area contributed by atoms with Crippen molar-refractivity contribution < 1.29 is 22.4 Å². The third-order valence-electron chi connectivity index (χ3n) is 4.94. The largest absolute Gasteiger partial charge is 0.390 e. The number of pyridine rings is 1. The summed E-state index contributed by atoms with van der Waals surface area (Å²) in [5.74, 6) is -1.27. The van der Waals surface area contributed by atoms with Crippen LogP contribution >= 0.6 is 0 Å². The van der Waals surface area contributed by atoms with Crippen molar-refractivity contribution in [2.75, 3.05) is 5.32 Å². The second-order valence-electron chi connectivity index (χ2n) is 7.40. The maximum absolute atomic E-state index is 13.9. The zero-order valence-corrected chi connectivity index (χ0v) is 16.0. The second-order valence-corrected chi connectivity index (χ2v) is 7.40. The number of nitrogens with zero attached hydrogens (tertiary/aromatic N) is 1. The molecule has 0 unspecified atom stereocenters. The average Bonchev–Trinajstić information content (AvgIpc) is 2.63. The van der Waals surface area contributed by atoms with Crippen LogP contribution in [0.3, 0.4) is 0 Å². The number of alkyl halides is 3. The lowest BCUT2D eigenvalue weighted by atomic mass is 9.79. The fourth-order valence-electron chi connectivity index (χ4n) is 3.43. The Morgan fingerprint density at radius 1 is 1.07 bits per heavy atom. The zero-order valence-electron chi connectivity index (χ0n) is 16.0. The number of amides is 1. The smallest absolute Gasteiger partial charge is 0.324 e. The molecule has 1 atom stereocenters. The number of halogens is 4. The molecule has 2 aromatic carbocycles. The molecule has 1 aromatic heterocycles. The Morgan fingerprint density at radius 2 is 1.76 bits per heavy atom. The van der Waals surface area contributed by atoms with E-state index in [4.69, 9.17) is 0 Å². The van der Waals surface area contributed by atoms with Crippen LogP contribution in [-0.4, -0.2) is 17.1 Å². The van der Waals surface area contributed by atoms with Crippen LogP contribution in [0.1, 0.15) is 24.5 Å². The van der Waals surface area contributed by atoms with E-state index >= 15 is 0 Å². The molecule has 3 aromatic rings. The van der Waals surface area contributed by atoms with Gasteiger partial charge in [0.05, 0.1) is 23.7 Å². The summed E-state index contributed by atoms with van der Waals surface area (Å²) in [6.45, 7) is 2.96. The summed E-state index contributed by atoms with van der Waals surface area (Å²) in [4.78, 5) is 17.0. The van der Waals surface area contributed by atoms with Crippen molar-refractivity contribution in [3.05, 3.63) is 71.7 Å². The molecule has 3 nitrogen and oxygen atoms in total.